The molecule has 1 saturated heterocycles. The van der Waals surface area contributed by atoms with E-state index in [-0.39, 0.29) is 43.2 Å². The van der Waals surface area contributed by atoms with Crippen LogP contribution in [0.4, 0.5) is 0 Å². The third-order valence-corrected chi connectivity index (χ3v) is 5.40. The zero-order chi connectivity index (χ0) is 21.0. The molecule has 2 fully saturated rings. The van der Waals surface area contributed by atoms with E-state index in [0.717, 1.165) is 36.8 Å². The number of hydrogen-bond donors (Lipinski definition) is 2. The van der Waals surface area contributed by atoms with Crippen LogP contribution in [0.1, 0.15) is 43.2 Å². The molecule has 1 aromatic carbocycles. The van der Waals surface area contributed by atoms with Crippen LogP contribution in [0.15, 0.2) is 18.2 Å². The molecule has 0 bridgehead atoms. The lowest BCUT2D eigenvalue weighted by Gasteiger charge is -2.19. The van der Waals surface area contributed by atoms with Gasteiger partial charge in [0, 0.05) is 13.0 Å². The number of nitrogens with zero attached hydrogens (tertiary/aromatic N) is 1. The van der Waals surface area contributed by atoms with E-state index in [4.69, 9.17) is 4.74 Å². The molecule has 29 heavy (non-hydrogen) atoms. The number of amides is 4. The highest BCUT2D eigenvalue weighted by atomic mass is 16.5. The smallest absolute Gasteiger partial charge is 0.276 e. The average Bonchev–Trinajstić information content (AvgIpc) is 2.93. The van der Waals surface area contributed by atoms with E-state index in [9.17, 15) is 19.2 Å². The van der Waals surface area contributed by atoms with Crippen LogP contribution in [0.3, 0.4) is 0 Å². The zero-order valence-electron chi connectivity index (χ0n) is 16.8. The quantitative estimate of drug-likeness (QED) is 0.554. The van der Waals surface area contributed by atoms with E-state index in [1.54, 1.807) is 0 Å². The fourth-order valence-electron chi connectivity index (χ4n) is 4.07. The first-order valence-electron chi connectivity index (χ1n) is 9.99. The molecule has 0 radical (unpaired) electrons. The molecule has 8 nitrogen and oxygen atoms in total. The van der Waals surface area contributed by atoms with E-state index in [0.29, 0.717) is 5.75 Å². The van der Waals surface area contributed by atoms with Gasteiger partial charge in [-0.25, -0.2) is 0 Å². The third kappa shape index (κ3) is 5.13. The summed E-state index contributed by atoms with van der Waals surface area (Å²) < 4.78 is 5.42. The molecule has 1 aliphatic carbocycles. The Morgan fingerprint density at radius 3 is 2.10 bits per heavy atom. The summed E-state index contributed by atoms with van der Waals surface area (Å²) in [5.41, 5.74) is 6.62. The van der Waals surface area contributed by atoms with Crippen LogP contribution in [-0.4, -0.2) is 41.7 Å². The standard InChI is InChI=1S/C21H27N3O5/c1-13-9-14(2)11-15(10-13)29-12-19(26)23-22-18(25)7-8-24-20(27)16-5-3-4-6-17(16)21(24)28/h9-11,16-17H,3-8,12H2,1-2H3,(H,22,25)(H,23,26)/t16-,17-/m0/s1. The highest BCUT2D eigenvalue weighted by molar-refractivity contribution is 6.05. The first-order chi connectivity index (χ1) is 13.8. The van der Waals surface area contributed by atoms with Crippen LogP contribution >= 0.6 is 0 Å². The van der Waals surface area contributed by atoms with Crippen molar-refractivity contribution in [3.8, 4) is 5.75 Å². The number of carbonyl (C=O) groups excluding carboxylic acids is 4. The summed E-state index contributed by atoms with van der Waals surface area (Å²) in [6, 6.07) is 5.64. The van der Waals surface area contributed by atoms with Crippen LogP contribution in [0.25, 0.3) is 0 Å². The Kier molecular flexibility index (Phi) is 6.51. The summed E-state index contributed by atoms with van der Waals surface area (Å²) in [4.78, 5) is 49.8. The van der Waals surface area contributed by atoms with Crippen LogP contribution < -0.4 is 15.6 Å². The first-order valence-corrected chi connectivity index (χ1v) is 9.99. The van der Waals surface area contributed by atoms with E-state index in [2.05, 4.69) is 10.9 Å². The maximum absolute atomic E-state index is 12.4. The van der Waals surface area contributed by atoms with Crippen molar-refractivity contribution in [3.05, 3.63) is 29.3 Å². The number of likely N-dealkylation sites (tertiary alicyclic amines) is 1. The van der Waals surface area contributed by atoms with E-state index in [1.165, 1.54) is 4.90 Å². The van der Waals surface area contributed by atoms with Gasteiger partial charge in [-0.05, 0) is 49.9 Å². The molecule has 3 rings (SSSR count). The van der Waals surface area contributed by atoms with Crippen molar-refractivity contribution in [1.29, 1.82) is 0 Å². The summed E-state index contributed by atoms with van der Waals surface area (Å²) in [5, 5.41) is 0. The third-order valence-electron chi connectivity index (χ3n) is 5.40. The van der Waals surface area contributed by atoms with Crippen LogP contribution in [-0.2, 0) is 19.2 Å². The van der Waals surface area contributed by atoms with Gasteiger partial charge in [0.1, 0.15) is 5.75 Å². The Bertz CT molecular complexity index is 778. The number of rotatable bonds is 6. The molecule has 0 aromatic heterocycles. The highest BCUT2D eigenvalue weighted by Gasteiger charge is 2.47. The summed E-state index contributed by atoms with van der Waals surface area (Å²) in [5.74, 6) is -1.17. The highest BCUT2D eigenvalue weighted by Crippen LogP contribution is 2.37. The predicted octanol–water partition coefficient (Wildman–Crippen LogP) is 1.39. The van der Waals surface area contributed by atoms with Gasteiger partial charge in [0.2, 0.25) is 17.7 Å². The summed E-state index contributed by atoms with van der Waals surface area (Å²) in [6.45, 7) is 3.66. The lowest BCUT2D eigenvalue weighted by atomic mass is 9.81. The van der Waals surface area contributed by atoms with Crippen molar-refractivity contribution in [2.24, 2.45) is 11.8 Å². The number of benzene rings is 1. The summed E-state index contributed by atoms with van der Waals surface area (Å²) in [6.07, 6.45) is 3.35. The van der Waals surface area contributed by atoms with Crippen molar-refractivity contribution >= 4 is 23.6 Å². The van der Waals surface area contributed by atoms with E-state index in [1.807, 2.05) is 32.0 Å². The summed E-state index contributed by atoms with van der Waals surface area (Å²) in [7, 11) is 0. The van der Waals surface area contributed by atoms with E-state index < -0.39 is 11.8 Å². The molecule has 2 N–H and O–H groups in total. The number of hydrogen-bond acceptors (Lipinski definition) is 5. The fourth-order valence-corrected chi connectivity index (χ4v) is 4.07. The van der Waals surface area contributed by atoms with E-state index >= 15 is 0 Å². The van der Waals surface area contributed by atoms with Crippen LogP contribution in [0.5, 0.6) is 5.75 Å². The minimum Gasteiger partial charge on any atom is -0.484 e. The molecule has 8 heteroatoms. The number of aryl methyl sites for hydroxylation is 2. The molecule has 2 aliphatic rings. The van der Waals surface area contributed by atoms with Gasteiger partial charge in [-0.2, -0.15) is 0 Å². The molecule has 0 spiro atoms. The van der Waals surface area contributed by atoms with Gasteiger partial charge < -0.3 is 4.74 Å². The average molecular weight is 401 g/mol. The second-order valence-corrected chi connectivity index (χ2v) is 7.78. The molecule has 2 atom stereocenters. The molecular formula is C21H27N3O5. The Labute approximate surface area is 169 Å². The minimum atomic E-state index is -0.503. The maximum Gasteiger partial charge on any atom is 0.276 e. The van der Waals surface area contributed by atoms with Gasteiger partial charge in [-0.1, -0.05) is 18.9 Å². The SMILES string of the molecule is Cc1cc(C)cc(OCC(=O)NNC(=O)CCN2C(=O)[C@H]3CCCC[C@@H]3C2=O)c1. The number of fused-ring (bicyclic) bond motifs is 1. The lowest BCUT2D eigenvalue weighted by molar-refractivity contribution is -0.140. The van der Waals surface area contributed by atoms with Crippen molar-refractivity contribution < 1.29 is 23.9 Å². The maximum atomic E-state index is 12.4. The molecule has 1 heterocycles. The number of hydrazine groups is 1. The van der Waals surface area contributed by atoms with Gasteiger partial charge in [-0.3, -0.25) is 34.9 Å². The van der Waals surface area contributed by atoms with Gasteiger partial charge in [0.15, 0.2) is 6.61 Å². The number of imide groups is 1. The Balaban J connectivity index is 1.39. The predicted molar refractivity (Wildman–Crippen MR) is 104 cm³/mol. The fraction of sp³-hybridized carbons (Fsp3) is 0.524. The molecule has 156 valence electrons. The normalized spacial score (nSPS) is 21.0. The second-order valence-electron chi connectivity index (χ2n) is 7.78. The number of nitrogens with one attached hydrogen (secondary N) is 2. The summed E-state index contributed by atoms with van der Waals surface area (Å²) >= 11 is 0. The first kappa shape index (κ1) is 20.8. The van der Waals surface area contributed by atoms with Gasteiger partial charge >= 0.3 is 0 Å². The molecule has 0 unspecified atom stereocenters. The van der Waals surface area contributed by atoms with Gasteiger partial charge in [-0.15, -0.1) is 0 Å². The molecular weight excluding hydrogens is 374 g/mol. The Hall–Kier alpha value is -2.90. The van der Waals surface area contributed by atoms with Crippen LogP contribution in [0.2, 0.25) is 0 Å². The monoisotopic (exact) mass is 401 g/mol. The molecule has 1 saturated carbocycles. The van der Waals surface area contributed by atoms with Crippen LogP contribution in [0, 0.1) is 25.7 Å². The largest absolute Gasteiger partial charge is 0.484 e. The second kappa shape index (κ2) is 9.07. The lowest BCUT2D eigenvalue weighted by Crippen LogP contribution is -2.45. The van der Waals surface area contributed by atoms with Crippen molar-refractivity contribution in [1.82, 2.24) is 15.8 Å². The van der Waals surface area contributed by atoms with Gasteiger partial charge in [0.05, 0.1) is 11.8 Å². The minimum absolute atomic E-state index is 0.0332. The molecule has 1 aromatic rings. The van der Waals surface area contributed by atoms with Crippen molar-refractivity contribution in [2.45, 2.75) is 46.0 Å². The van der Waals surface area contributed by atoms with Gasteiger partial charge in [0.25, 0.3) is 5.91 Å². The Morgan fingerprint density at radius 1 is 0.966 bits per heavy atom. The number of ether oxygens (including phenoxy) is 1. The molecule has 1 aliphatic heterocycles. The van der Waals surface area contributed by atoms with Crippen molar-refractivity contribution in [2.75, 3.05) is 13.2 Å². The van der Waals surface area contributed by atoms with Crippen molar-refractivity contribution in [3.63, 3.8) is 0 Å². The molecule has 4 amide bonds. The zero-order valence-corrected chi connectivity index (χ0v) is 16.8. The topological polar surface area (TPSA) is 105 Å². The number of carbonyl (C=O) groups is 4. The Morgan fingerprint density at radius 2 is 1.52 bits per heavy atom.